The first-order chi connectivity index (χ1) is 10.1. The van der Waals surface area contributed by atoms with E-state index in [0.717, 1.165) is 31.6 Å². The van der Waals surface area contributed by atoms with E-state index < -0.39 is 7.82 Å². The van der Waals surface area contributed by atoms with Crippen LogP contribution in [0.2, 0.25) is 0 Å². The van der Waals surface area contributed by atoms with E-state index in [2.05, 4.69) is 4.52 Å². The van der Waals surface area contributed by atoms with Crippen molar-refractivity contribution < 1.29 is 18.9 Å². The molecule has 0 radical (unpaired) electrons. The van der Waals surface area contributed by atoms with E-state index >= 15 is 0 Å². The maximum absolute atomic E-state index is 10.4. The zero-order chi connectivity index (χ0) is 15.8. The van der Waals surface area contributed by atoms with Gasteiger partial charge in [0.25, 0.3) is 0 Å². The Morgan fingerprint density at radius 2 is 1.00 bits per heavy atom. The molecule has 128 valence electrons. The predicted octanol–water partition coefficient (Wildman–Crippen LogP) is 5.41. The number of hydrogen-bond donors (Lipinski definition) is 2. The third kappa shape index (κ3) is 20.4. The Balaban J connectivity index is 3.01. The monoisotopic (exact) mass is 342 g/mol. The van der Waals surface area contributed by atoms with Crippen LogP contribution < -0.4 is 0 Å². The second-order valence-electron chi connectivity index (χ2n) is 5.61. The minimum Gasteiger partial charge on any atom is -0.303 e. The first-order valence-electron chi connectivity index (χ1n) is 8.32. The zero-order valence-electron chi connectivity index (χ0n) is 13.1. The van der Waals surface area contributed by atoms with E-state index in [0.29, 0.717) is 0 Å². The molecule has 0 atom stereocenters. The SMILES string of the molecule is O=P(O)(O)OCCCCCCCCCCCCCCCCl. The number of unbranched alkanes of at least 4 members (excludes halogenated alkanes) is 12. The molecule has 0 fully saturated rings. The highest BCUT2D eigenvalue weighted by molar-refractivity contribution is 7.46. The summed E-state index contributed by atoms with van der Waals surface area (Å²) in [4.78, 5) is 17.0. The molecule has 0 unspecified atom stereocenters. The van der Waals surface area contributed by atoms with Crippen molar-refractivity contribution in [2.45, 2.75) is 83.5 Å². The smallest absolute Gasteiger partial charge is 0.303 e. The van der Waals surface area contributed by atoms with Crippen molar-refractivity contribution in [1.29, 1.82) is 0 Å². The van der Waals surface area contributed by atoms with Crippen molar-refractivity contribution >= 4 is 19.4 Å². The summed E-state index contributed by atoms with van der Waals surface area (Å²) in [6, 6.07) is 0. The fraction of sp³-hybridized carbons (Fsp3) is 1.00. The number of hydrogen-bond acceptors (Lipinski definition) is 2. The van der Waals surface area contributed by atoms with Gasteiger partial charge in [-0.25, -0.2) is 4.57 Å². The number of phosphoric acid groups is 1. The molecule has 0 aromatic carbocycles. The Morgan fingerprint density at radius 1 is 0.667 bits per heavy atom. The molecule has 21 heavy (non-hydrogen) atoms. The van der Waals surface area contributed by atoms with E-state index in [1.807, 2.05) is 0 Å². The number of alkyl halides is 1. The van der Waals surface area contributed by atoms with E-state index in [4.69, 9.17) is 21.4 Å². The highest BCUT2D eigenvalue weighted by Gasteiger charge is 2.12. The van der Waals surface area contributed by atoms with Gasteiger partial charge in [0.05, 0.1) is 6.61 Å². The minimum absolute atomic E-state index is 0.161. The lowest BCUT2D eigenvalue weighted by molar-refractivity contribution is 0.193. The summed E-state index contributed by atoms with van der Waals surface area (Å²) in [6.45, 7) is 0.161. The summed E-state index contributed by atoms with van der Waals surface area (Å²) in [5.41, 5.74) is 0. The standard InChI is InChI=1S/C15H32ClO4P/c16-14-12-10-8-6-4-2-1-3-5-7-9-11-13-15-20-21(17,18)19/h1-15H2,(H2,17,18,19). The van der Waals surface area contributed by atoms with Gasteiger partial charge < -0.3 is 9.79 Å². The van der Waals surface area contributed by atoms with Crippen molar-refractivity contribution in [2.75, 3.05) is 12.5 Å². The van der Waals surface area contributed by atoms with Crippen LogP contribution in [-0.2, 0) is 9.09 Å². The van der Waals surface area contributed by atoms with Gasteiger partial charge in [0, 0.05) is 5.88 Å². The van der Waals surface area contributed by atoms with Crippen LogP contribution in [0.3, 0.4) is 0 Å². The van der Waals surface area contributed by atoms with Crippen LogP contribution in [0.25, 0.3) is 0 Å². The lowest BCUT2D eigenvalue weighted by Gasteiger charge is -2.05. The number of phosphoric ester groups is 1. The quantitative estimate of drug-likeness (QED) is 0.224. The van der Waals surface area contributed by atoms with Crippen molar-refractivity contribution in [3.63, 3.8) is 0 Å². The molecule has 0 aliphatic rings. The van der Waals surface area contributed by atoms with Crippen molar-refractivity contribution in [3.8, 4) is 0 Å². The molecule has 2 N–H and O–H groups in total. The van der Waals surface area contributed by atoms with Crippen LogP contribution in [0.15, 0.2) is 0 Å². The summed E-state index contributed by atoms with van der Waals surface area (Å²) in [7, 11) is -4.26. The number of halogens is 1. The average molecular weight is 343 g/mol. The summed E-state index contributed by atoms with van der Waals surface area (Å²) in [5.74, 6) is 0.797. The Bertz CT molecular complexity index is 258. The molecule has 6 heteroatoms. The molecule has 4 nitrogen and oxygen atoms in total. The highest BCUT2D eigenvalue weighted by Crippen LogP contribution is 2.35. The van der Waals surface area contributed by atoms with Gasteiger partial charge in [-0.2, -0.15) is 0 Å². The molecule has 0 heterocycles. The second kappa shape index (κ2) is 15.3. The van der Waals surface area contributed by atoms with E-state index in [-0.39, 0.29) is 6.61 Å². The van der Waals surface area contributed by atoms with Gasteiger partial charge in [-0.05, 0) is 12.8 Å². The summed E-state index contributed by atoms with van der Waals surface area (Å²) in [5, 5.41) is 0. The Kier molecular flexibility index (Phi) is 15.6. The Hall–Kier alpha value is 0.400. The molecule has 0 aliphatic heterocycles. The van der Waals surface area contributed by atoms with Crippen molar-refractivity contribution in [2.24, 2.45) is 0 Å². The third-order valence-electron chi connectivity index (χ3n) is 3.54. The molecule has 0 spiro atoms. The largest absolute Gasteiger partial charge is 0.469 e. The topological polar surface area (TPSA) is 66.8 Å². The van der Waals surface area contributed by atoms with Gasteiger partial charge in [-0.15, -0.1) is 11.6 Å². The molecule has 0 saturated heterocycles. The summed E-state index contributed by atoms with van der Waals surface area (Å²) < 4.78 is 14.8. The third-order valence-corrected chi connectivity index (χ3v) is 4.32. The van der Waals surface area contributed by atoms with Gasteiger partial charge in [0.2, 0.25) is 0 Å². The molecule has 0 aromatic heterocycles. The molecule has 0 aromatic rings. The normalized spacial score (nSPS) is 12.0. The molecule has 0 bridgehead atoms. The van der Waals surface area contributed by atoms with Gasteiger partial charge in [0.1, 0.15) is 0 Å². The van der Waals surface area contributed by atoms with Gasteiger partial charge in [-0.3, -0.25) is 4.52 Å². The maximum Gasteiger partial charge on any atom is 0.469 e. The van der Waals surface area contributed by atoms with Crippen LogP contribution in [0, 0.1) is 0 Å². The molecule has 0 amide bonds. The van der Waals surface area contributed by atoms with Crippen LogP contribution >= 0.6 is 19.4 Å². The zero-order valence-corrected chi connectivity index (χ0v) is 14.8. The summed E-state index contributed by atoms with van der Waals surface area (Å²) >= 11 is 5.63. The first kappa shape index (κ1) is 21.4. The lowest BCUT2D eigenvalue weighted by Crippen LogP contribution is -1.92. The van der Waals surface area contributed by atoms with Crippen molar-refractivity contribution in [3.05, 3.63) is 0 Å². The lowest BCUT2D eigenvalue weighted by atomic mass is 10.0. The molecular formula is C15H32ClO4P. The summed E-state index contributed by atoms with van der Waals surface area (Å²) in [6.07, 6.45) is 15.8. The average Bonchev–Trinajstić information content (AvgIpc) is 2.42. The van der Waals surface area contributed by atoms with Crippen LogP contribution in [0.1, 0.15) is 83.5 Å². The Labute approximate surface area is 134 Å². The van der Waals surface area contributed by atoms with Crippen LogP contribution in [-0.4, -0.2) is 22.3 Å². The van der Waals surface area contributed by atoms with E-state index in [1.54, 1.807) is 0 Å². The van der Waals surface area contributed by atoms with Crippen LogP contribution in [0.4, 0.5) is 0 Å². The van der Waals surface area contributed by atoms with E-state index in [9.17, 15) is 4.57 Å². The van der Waals surface area contributed by atoms with Gasteiger partial charge in [0.15, 0.2) is 0 Å². The fourth-order valence-electron chi connectivity index (χ4n) is 2.32. The number of rotatable bonds is 16. The van der Waals surface area contributed by atoms with Crippen LogP contribution in [0.5, 0.6) is 0 Å². The Morgan fingerprint density at radius 3 is 1.33 bits per heavy atom. The van der Waals surface area contributed by atoms with E-state index in [1.165, 1.54) is 57.8 Å². The minimum atomic E-state index is -4.26. The molecule has 0 saturated carbocycles. The molecular weight excluding hydrogens is 311 g/mol. The first-order valence-corrected chi connectivity index (χ1v) is 10.4. The van der Waals surface area contributed by atoms with Gasteiger partial charge >= 0.3 is 7.82 Å². The second-order valence-corrected chi connectivity index (χ2v) is 7.23. The predicted molar refractivity (Wildman–Crippen MR) is 88.7 cm³/mol. The van der Waals surface area contributed by atoms with Crippen molar-refractivity contribution in [1.82, 2.24) is 0 Å². The molecule has 0 aliphatic carbocycles. The highest BCUT2D eigenvalue weighted by atomic mass is 35.5. The maximum atomic E-state index is 10.4. The van der Waals surface area contributed by atoms with Gasteiger partial charge in [-0.1, -0.05) is 70.6 Å². The fourth-order valence-corrected chi connectivity index (χ4v) is 2.88. The molecule has 0 rings (SSSR count).